The summed E-state index contributed by atoms with van der Waals surface area (Å²) in [7, 11) is 0. The van der Waals surface area contributed by atoms with Crippen LogP contribution in [-0.4, -0.2) is 0 Å². The van der Waals surface area contributed by atoms with Gasteiger partial charge in [-0.3, -0.25) is 0 Å². The zero-order valence-corrected chi connectivity index (χ0v) is 40.4. The molecular formula is C68H58N2. The Hall–Kier alpha value is -7.94. The van der Waals surface area contributed by atoms with Crippen molar-refractivity contribution in [2.75, 3.05) is 9.80 Å². The highest BCUT2D eigenvalue weighted by Crippen LogP contribution is 2.53. The van der Waals surface area contributed by atoms with E-state index in [1.807, 2.05) is 0 Å². The molecule has 1 fully saturated rings. The molecule has 10 aromatic rings. The van der Waals surface area contributed by atoms with E-state index in [-0.39, 0.29) is 5.41 Å². The molecule has 2 heteroatoms. The van der Waals surface area contributed by atoms with Gasteiger partial charge in [-0.25, -0.2) is 0 Å². The maximum absolute atomic E-state index is 2.49. The van der Waals surface area contributed by atoms with Crippen molar-refractivity contribution < 1.29 is 0 Å². The minimum Gasteiger partial charge on any atom is -0.310 e. The molecule has 12 rings (SSSR count). The summed E-state index contributed by atoms with van der Waals surface area (Å²) in [4.78, 5) is 4.88. The van der Waals surface area contributed by atoms with Gasteiger partial charge in [0.1, 0.15) is 0 Å². The number of aryl methyl sites for hydroxylation is 1. The summed E-state index contributed by atoms with van der Waals surface area (Å²) in [6.45, 7) is 7.01. The molecule has 0 bridgehead atoms. The van der Waals surface area contributed by atoms with E-state index in [2.05, 4.69) is 261 Å². The highest BCUT2D eigenvalue weighted by Gasteiger charge is 2.37. The van der Waals surface area contributed by atoms with E-state index >= 15 is 0 Å². The molecule has 0 saturated heterocycles. The number of nitrogens with zero attached hydrogens (tertiary/aromatic N) is 2. The Balaban J connectivity index is 0.925. The quantitative estimate of drug-likeness (QED) is 0.135. The van der Waals surface area contributed by atoms with E-state index in [1.165, 1.54) is 115 Å². The van der Waals surface area contributed by atoms with Crippen LogP contribution in [0.2, 0.25) is 0 Å². The van der Waals surface area contributed by atoms with Crippen molar-refractivity contribution >= 4 is 44.9 Å². The first-order valence-corrected chi connectivity index (χ1v) is 25.3. The summed E-state index contributed by atoms with van der Waals surface area (Å²) in [5.41, 5.74) is 22.1. The van der Waals surface area contributed by atoms with Gasteiger partial charge in [-0.15, -0.1) is 0 Å². The standard InChI is InChI=1S/C68H58N2/c1-47-18-15-31-64-67(47)62-41-40-61(46-65(62)68(64,2)3)70(66-45-56-24-14-13-23-55(56)44-63(66)52-21-9-5-10-22-52)60-30-17-26-54(43-60)51-34-32-50(33-35-51)53-25-16-29-59(42-53)69(57-27-11-6-12-28-57)58-38-36-49(37-39-58)48-19-7-4-8-20-48/h5-6,9-18,21-46,48H,4,7-8,19-20H2,1-3H3. The zero-order chi connectivity index (χ0) is 47.2. The van der Waals surface area contributed by atoms with Gasteiger partial charge in [0, 0.05) is 39.4 Å². The fourth-order valence-electron chi connectivity index (χ4n) is 11.6. The third-order valence-corrected chi connectivity index (χ3v) is 15.3. The van der Waals surface area contributed by atoms with Crippen molar-refractivity contribution in [1.82, 2.24) is 0 Å². The van der Waals surface area contributed by atoms with E-state index < -0.39 is 0 Å². The molecule has 0 radical (unpaired) electrons. The normalized spacial score (nSPS) is 14.0. The maximum Gasteiger partial charge on any atom is 0.0546 e. The second kappa shape index (κ2) is 18.2. The number of hydrogen-bond donors (Lipinski definition) is 0. The van der Waals surface area contributed by atoms with Crippen LogP contribution >= 0.6 is 0 Å². The van der Waals surface area contributed by atoms with Crippen LogP contribution < -0.4 is 9.80 Å². The first kappa shape index (κ1) is 43.3. The van der Waals surface area contributed by atoms with Gasteiger partial charge in [0.25, 0.3) is 0 Å². The van der Waals surface area contributed by atoms with Gasteiger partial charge in [-0.05, 0) is 170 Å². The Bertz CT molecular complexity index is 3490. The molecule has 0 aliphatic heterocycles. The van der Waals surface area contributed by atoms with Crippen LogP contribution in [0.15, 0.2) is 231 Å². The predicted octanol–water partition coefficient (Wildman–Crippen LogP) is 19.4. The molecule has 70 heavy (non-hydrogen) atoms. The van der Waals surface area contributed by atoms with E-state index in [0.717, 1.165) is 28.4 Å². The minimum absolute atomic E-state index is 0.146. The summed E-state index contributed by atoms with van der Waals surface area (Å²) in [5, 5.41) is 2.43. The van der Waals surface area contributed by atoms with Crippen molar-refractivity contribution in [3.8, 4) is 44.5 Å². The average molecular weight is 903 g/mol. The van der Waals surface area contributed by atoms with Crippen molar-refractivity contribution in [3.63, 3.8) is 0 Å². The molecule has 0 N–H and O–H groups in total. The lowest BCUT2D eigenvalue weighted by Gasteiger charge is -2.30. The fourth-order valence-corrected chi connectivity index (χ4v) is 11.6. The molecule has 0 amide bonds. The van der Waals surface area contributed by atoms with Crippen LogP contribution in [0.4, 0.5) is 34.1 Å². The van der Waals surface area contributed by atoms with Crippen LogP contribution in [0.25, 0.3) is 55.3 Å². The van der Waals surface area contributed by atoms with Gasteiger partial charge in [0.15, 0.2) is 0 Å². The fraction of sp³-hybridized carbons (Fsp3) is 0.147. The Morgan fingerprint density at radius 3 is 1.57 bits per heavy atom. The number of fused-ring (bicyclic) bond motifs is 4. The van der Waals surface area contributed by atoms with Crippen molar-refractivity contribution in [2.24, 2.45) is 0 Å². The van der Waals surface area contributed by atoms with Crippen molar-refractivity contribution in [1.29, 1.82) is 0 Å². The number of para-hydroxylation sites is 1. The van der Waals surface area contributed by atoms with Gasteiger partial charge in [-0.1, -0.05) is 191 Å². The molecule has 0 aromatic heterocycles. The average Bonchev–Trinajstić information content (AvgIpc) is 3.65. The van der Waals surface area contributed by atoms with Gasteiger partial charge in [0.2, 0.25) is 0 Å². The third kappa shape index (κ3) is 7.98. The summed E-state index contributed by atoms with van der Waals surface area (Å²) in [5.74, 6) is 0.679. The molecule has 0 spiro atoms. The van der Waals surface area contributed by atoms with Crippen molar-refractivity contribution in [2.45, 2.75) is 64.2 Å². The summed E-state index contributed by atoms with van der Waals surface area (Å²) in [6.07, 6.45) is 6.66. The smallest absolute Gasteiger partial charge is 0.0546 e. The number of benzene rings is 10. The van der Waals surface area contributed by atoms with E-state index in [1.54, 1.807) is 0 Å². The third-order valence-electron chi connectivity index (χ3n) is 15.3. The second-order valence-electron chi connectivity index (χ2n) is 20.0. The lowest BCUT2D eigenvalue weighted by atomic mass is 9.82. The van der Waals surface area contributed by atoms with E-state index in [4.69, 9.17) is 0 Å². The molecule has 2 aliphatic rings. The Labute approximate surface area is 414 Å². The molecule has 2 nitrogen and oxygen atoms in total. The van der Waals surface area contributed by atoms with Gasteiger partial charge in [0.05, 0.1) is 5.69 Å². The minimum atomic E-state index is -0.146. The second-order valence-corrected chi connectivity index (χ2v) is 20.0. The van der Waals surface area contributed by atoms with Gasteiger partial charge < -0.3 is 9.80 Å². The summed E-state index contributed by atoms with van der Waals surface area (Å²) in [6, 6.07) is 85.7. The molecule has 2 aliphatic carbocycles. The molecule has 10 aromatic carbocycles. The summed E-state index contributed by atoms with van der Waals surface area (Å²) < 4.78 is 0. The first-order chi connectivity index (χ1) is 34.4. The van der Waals surface area contributed by atoms with E-state index in [9.17, 15) is 0 Å². The van der Waals surface area contributed by atoms with Crippen LogP contribution in [0.3, 0.4) is 0 Å². The number of anilines is 6. The Morgan fingerprint density at radius 2 is 0.900 bits per heavy atom. The highest BCUT2D eigenvalue weighted by molar-refractivity contribution is 5.99. The number of rotatable bonds is 10. The maximum atomic E-state index is 2.49. The highest BCUT2D eigenvalue weighted by atomic mass is 15.1. The predicted molar refractivity (Wildman–Crippen MR) is 298 cm³/mol. The van der Waals surface area contributed by atoms with E-state index in [0.29, 0.717) is 5.92 Å². The molecule has 0 unspecified atom stereocenters. The van der Waals surface area contributed by atoms with Gasteiger partial charge >= 0.3 is 0 Å². The topological polar surface area (TPSA) is 6.48 Å². The zero-order valence-electron chi connectivity index (χ0n) is 40.4. The van der Waals surface area contributed by atoms with Crippen LogP contribution in [-0.2, 0) is 5.41 Å². The Kier molecular flexibility index (Phi) is 11.3. The molecule has 0 heterocycles. The molecule has 0 atom stereocenters. The van der Waals surface area contributed by atoms with Gasteiger partial charge in [-0.2, -0.15) is 0 Å². The number of hydrogen-bond acceptors (Lipinski definition) is 2. The lowest BCUT2D eigenvalue weighted by molar-refractivity contribution is 0.443. The monoisotopic (exact) mass is 902 g/mol. The van der Waals surface area contributed by atoms with Crippen LogP contribution in [0.5, 0.6) is 0 Å². The van der Waals surface area contributed by atoms with Crippen molar-refractivity contribution in [3.05, 3.63) is 253 Å². The molecule has 340 valence electrons. The van der Waals surface area contributed by atoms with Crippen LogP contribution in [0.1, 0.15) is 74.1 Å². The largest absolute Gasteiger partial charge is 0.310 e. The first-order valence-electron chi connectivity index (χ1n) is 25.3. The molecule has 1 saturated carbocycles. The Morgan fingerprint density at radius 1 is 0.371 bits per heavy atom. The lowest BCUT2D eigenvalue weighted by Crippen LogP contribution is -2.17. The van der Waals surface area contributed by atoms with Crippen LogP contribution in [0, 0.1) is 6.92 Å². The SMILES string of the molecule is Cc1cccc2c1-c1ccc(N(c3cccc(-c4ccc(-c5cccc(N(c6ccccc6)c6ccc(C7CCCCC7)cc6)c5)cc4)c3)c3cc4ccccc4cc3-c3ccccc3)cc1C2(C)C. The summed E-state index contributed by atoms with van der Waals surface area (Å²) >= 11 is 0. The molecular weight excluding hydrogens is 845 g/mol.